The van der Waals surface area contributed by atoms with Crippen LogP contribution in [0.25, 0.3) is 0 Å². The average molecular weight is 426 g/mol. The van der Waals surface area contributed by atoms with Crippen LogP contribution in [0.15, 0.2) is 48.5 Å². The van der Waals surface area contributed by atoms with E-state index in [1.54, 1.807) is 25.3 Å². The standard InChI is InChI=1S/C24H31N3O4/c1-30-20-8-9-21(22(16-20)31-2)26-24(29)23(28)25-17-19-11-14-27(15-12-19)13-10-18-6-4-3-5-7-18/h3-9,16,19H,10-15,17H2,1-2H3,(H,25,28)(H,26,29). The summed E-state index contributed by atoms with van der Waals surface area (Å²) in [5.41, 5.74) is 1.78. The van der Waals surface area contributed by atoms with Crippen LogP contribution >= 0.6 is 0 Å². The fourth-order valence-electron chi connectivity index (χ4n) is 3.74. The Kier molecular flexibility index (Phi) is 8.29. The molecule has 1 aliphatic heterocycles. The van der Waals surface area contributed by atoms with Crippen molar-refractivity contribution in [3.63, 3.8) is 0 Å². The number of benzene rings is 2. The number of likely N-dealkylation sites (tertiary alicyclic amines) is 1. The van der Waals surface area contributed by atoms with E-state index in [1.165, 1.54) is 12.7 Å². The summed E-state index contributed by atoms with van der Waals surface area (Å²) in [6.45, 7) is 3.60. The molecule has 1 heterocycles. The molecule has 0 radical (unpaired) electrons. The van der Waals surface area contributed by atoms with Crippen LogP contribution < -0.4 is 20.1 Å². The Morgan fingerprint density at radius 3 is 2.42 bits per heavy atom. The maximum absolute atomic E-state index is 12.3. The second-order valence-corrected chi connectivity index (χ2v) is 7.75. The minimum atomic E-state index is -0.705. The molecule has 1 fully saturated rings. The summed E-state index contributed by atoms with van der Waals surface area (Å²) in [5, 5.41) is 5.37. The van der Waals surface area contributed by atoms with Crippen molar-refractivity contribution in [2.24, 2.45) is 5.92 Å². The van der Waals surface area contributed by atoms with Crippen molar-refractivity contribution in [3.8, 4) is 11.5 Å². The molecule has 0 bridgehead atoms. The van der Waals surface area contributed by atoms with Gasteiger partial charge < -0.3 is 25.0 Å². The first-order valence-corrected chi connectivity index (χ1v) is 10.7. The van der Waals surface area contributed by atoms with Crippen LogP contribution in [0.5, 0.6) is 11.5 Å². The van der Waals surface area contributed by atoms with Crippen LogP contribution in [-0.2, 0) is 16.0 Å². The van der Waals surface area contributed by atoms with Gasteiger partial charge in [-0.25, -0.2) is 0 Å². The largest absolute Gasteiger partial charge is 0.497 e. The normalized spacial score (nSPS) is 14.6. The molecule has 0 spiro atoms. The van der Waals surface area contributed by atoms with Crippen molar-refractivity contribution in [1.82, 2.24) is 10.2 Å². The predicted octanol–water partition coefficient (Wildman–Crippen LogP) is 2.71. The Bertz CT molecular complexity index is 864. The van der Waals surface area contributed by atoms with Gasteiger partial charge in [0.25, 0.3) is 0 Å². The van der Waals surface area contributed by atoms with Crippen LogP contribution in [0.1, 0.15) is 18.4 Å². The summed E-state index contributed by atoms with van der Waals surface area (Å²) in [6.07, 6.45) is 3.09. The predicted molar refractivity (Wildman–Crippen MR) is 120 cm³/mol. The minimum absolute atomic E-state index is 0.389. The molecule has 0 saturated carbocycles. The van der Waals surface area contributed by atoms with E-state index in [4.69, 9.17) is 9.47 Å². The Labute approximate surface area is 183 Å². The molecule has 166 valence electrons. The summed E-state index contributed by atoms with van der Waals surface area (Å²) < 4.78 is 10.4. The molecule has 1 aliphatic rings. The second kappa shape index (κ2) is 11.4. The molecule has 2 N–H and O–H groups in total. The fourth-order valence-corrected chi connectivity index (χ4v) is 3.74. The van der Waals surface area contributed by atoms with E-state index in [9.17, 15) is 9.59 Å². The van der Waals surface area contributed by atoms with E-state index in [0.29, 0.717) is 29.6 Å². The lowest BCUT2D eigenvalue weighted by Gasteiger charge is -2.32. The Hall–Kier alpha value is -3.06. The third-order valence-corrected chi connectivity index (χ3v) is 5.68. The summed E-state index contributed by atoms with van der Waals surface area (Å²) in [4.78, 5) is 27.0. The summed E-state index contributed by atoms with van der Waals surface area (Å²) in [5.74, 6) is 0.0891. The molecule has 31 heavy (non-hydrogen) atoms. The fraction of sp³-hybridized carbons (Fsp3) is 0.417. The van der Waals surface area contributed by atoms with Crippen molar-refractivity contribution in [3.05, 3.63) is 54.1 Å². The van der Waals surface area contributed by atoms with Gasteiger partial charge in [-0.1, -0.05) is 30.3 Å². The second-order valence-electron chi connectivity index (χ2n) is 7.75. The monoisotopic (exact) mass is 425 g/mol. The zero-order chi connectivity index (χ0) is 22.1. The third-order valence-electron chi connectivity index (χ3n) is 5.68. The Morgan fingerprint density at radius 2 is 1.74 bits per heavy atom. The highest BCUT2D eigenvalue weighted by Crippen LogP contribution is 2.28. The first kappa shape index (κ1) is 22.6. The molecule has 2 aromatic carbocycles. The minimum Gasteiger partial charge on any atom is -0.497 e. The van der Waals surface area contributed by atoms with Gasteiger partial charge in [-0.3, -0.25) is 9.59 Å². The lowest BCUT2D eigenvalue weighted by molar-refractivity contribution is -0.136. The lowest BCUT2D eigenvalue weighted by Crippen LogP contribution is -2.42. The smallest absolute Gasteiger partial charge is 0.313 e. The molecule has 3 rings (SSSR count). The number of hydrogen-bond donors (Lipinski definition) is 2. The van der Waals surface area contributed by atoms with Crippen molar-refractivity contribution in [1.29, 1.82) is 0 Å². The van der Waals surface area contributed by atoms with E-state index in [2.05, 4.69) is 39.8 Å². The molecule has 7 heteroatoms. The van der Waals surface area contributed by atoms with Gasteiger partial charge in [-0.2, -0.15) is 0 Å². The quantitative estimate of drug-likeness (QED) is 0.636. The molecule has 0 atom stereocenters. The topological polar surface area (TPSA) is 79.9 Å². The van der Waals surface area contributed by atoms with E-state index in [0.717, 1.165) is 38.9 Å². The van der Waals surface area contributed by atoms with Gasteiger partial charge in [-0.15, -0.1) is 0 Å². The number of rotatable bonds is 8. The molecule has 7 nitrogen and oxygen atoms in total. The van der Waals surface area contributed by atoms with Crippen molar-refractivity contribution < 1.29 is 19.1 Å². The molecule has 2 aromatic rings. The number of anilines is 1. The van der Waals surface area contributed by atoms with Gasteiger partial charge in [0, 0.05) is 19.2 Å². The first-order chi connectivity index (χ1) is 15.1. The van der Waals surface area contributed by atoms with E-state index >= 15 is 0 Å². The number of carbonyl (C=O) groups excluding carboxylic acids is 2. The Balaban J connectivity index is 1.38. The Morgan fingerprint density at radius 1 is 1.00 bits per heavy atom. The maximum atomic E-state index is 12.3. The highest BCUT2D eigenvalue weighted by atomic mass is 16.5. The van der Waals surface area contributed by atoms with Gasteiger partial charge >= 0.3 is 11.8 Å². The first-order valence-electron chi connectivity index (χ1n) is 10.7. The lowest BCUT2D eigenvalue weighted by atomic mass is 9.96. The van der Waals surface area contributed by atoms with Crippen molar-refractivity contribution in [2.75, 3.05) is 45.7 Å². The molecule has 0 unspecified atom stereocenters. The van der Waals surface area contributed by atoms with E-state index < -0.39 is 11.8 Å². The van der Waals surface area contributed by atoms with Gasteiger partial charge in [0.2, 0.25) is 0 Å². The summed E-state index contributed by atoms with van der Waals surface area (Å²) in [7, 11) is 3.05. The number of piperidine rings is 1. The number of hydrogen-bond acceptors (Lipinski definition) is 5. The van der Waals surface area contributed by atoms with Crippen LogP contribution in [0.2, 0.25) is 0 Å². The van der Waals surface area contributed by atoms with Gasteiger partial charge in [0.1, 0.15) is 11.5 Å². The van der Waals surface area contributed by atoms with E-state index in [-0.39, 0.29) is 0 Å². The number of methoxy groups -OCH3 is 2. The summed E-state index contributed by atoms with van der Waals surface area (Å²) >= 11 is 0. The zero-order valence-corrected chi connectivity index (χ0v) is 18.2. The number of nitrogens with zero attached hydrogens (tertiary/aromatic N) is 1. The van der Waals surface area contributed by atoms with Crippen LogP contribution in [0, 0.1) is 5.92 Å². The van der Waals surface area contributed by atoms with Crippen LogP contribution in [0.4, 0.5) is 5.69 Å². The van der Waals surface area contributed by atoms with Crippen LogP contribution in [-0.4, -0.2) is 57.1 Å². The number of nitrogens with one attached hydrogen (secondary N) is 2. The van der Waals surface area contributed by atoms with Crippen LogP contribution in [0.3, 0.4) is 0 Å². The average Bonchev–Trinajstić information content (AvgIpc) is 2.82. The van der Waals surface area contributed by atoms with Gasteiger partial charge in [0.05, 0.1) is 19.9 Å². The number of ether oxygens (including phenoxy) is 2. The SMILES string of the molecule is COc1ccc(NC(=O)C(=O)NCC2CCN(CCc3ccccc3)CC2)c(OC)c1. The third kappa shape index (κ3) is 6.72. The van der Waals surface area contributed by atoms with Gasteiger partial charge in [0.15, 0.2) is 0 Å². The van der Waals surface area contributed by atoms with Gasteiger partial charge in [-0.05, 0) is 56.0 Å². The van der Waals surface area contributed by atoms with Crippen molar-refractivity contribution >= 4 is 17.5 Å². The summed E-state index contributed by atoms with van der Waals surface area (Å²) in [6, 6.07) is 15.5. The molecular formula is C24H31N3O4. The van der Waals surface area contributed by atoms with Crippen molar-refractivity contribution in [2.45, 2.75) is 19.3 Å². The molecule has 1 saturated heterocycles. The highest BCUT2D eigenvalue weighted by molar-refractivity contribution is 6.39. The van der Waals surface area contributed by atoms with E-state index in [1.807, 2.05) is 6.07 Å². The highest BCUT2D eigenvalue weighted by Gasteiger charge is 2.22. The molecular weight excluding hydrogens is 394 g/mol. The molecule has 0 aliphatic carbocycles. The zero-order valence-electron chi connectivity index (χ0n) is 18.2. The number of amides is 2. The molecule has 0 aromatic heterocycles. The molecule has 2 amide bonds. The number of carbonyl (C=O) groups is 2. The maximum Gasteiger partial charge on any atom is 0.313 e.